The number of aromatic carboxylic acids is 1. The molecule has 2 N–H and O–H groups in total. The maximum absolute atomic E-state index is 14.3. The quantitative estimate of drug-likeness (QED) is 0.381. The highest BCUT2D eigenvalue weighted by atomic mass is 32.2. The van der Waals surface area contributed by atoms with Crippen LogP contribution in [-0.4, -0.2) is 53.7 Å². The van der Waals surface area contributed by atoms with Crippen LogP contribution in [0.15, 0.2) is 53.6 Å². The van der Waals surface area contributed by atoms with E-state index in [0.717, 1.165) is 25.4 Å². The maximum Gasteiger partial charge on any atom is 0.359 e. The van der Waals surface area contributed by atoms with Gasteiger partial charge in [-0.3, -0.25) is 4.79 Å². The number of carboxylic acid groups (broad SMARTS) is 1. The number of anilines is 1. The summed E-state index contributed by atoms with van der Waals surface area (Å²) in [5.74, 6) is -6.54. The van der Waals surface area contributed by atoms with E-state index in [4.69, 9.17) is 4.74 Å². The number of hydrogen-bond acceptors (Lipinski definition) is 9. The molecule has 2 aromatic carbocycles. The Bertz CT molecular complexity index is 1530. The third kappa shape index (κ3) is 5.59. The predicted molar refractivity (Wildman–Crippen MR) is 125 cm³/mol. The van der Waals surface area contributed by atoms with Gasteiger partial charge < -0.3 is 19.9 Å². The Kier molecular flexibility index (Phi) is 7.35. The van der Waals surface area contributed by atoms with Gasteiger partial charge in [0.25, 0.3) is 5.91 Å². The predicted octanol–water partition coefficient (Wildman–Crippen LogP) is 2.93. The first-order valence-corrected chi connectivity index (χ1v) is 12.5. The number of rotatable bonds is 9. The minimum Gasteiger partial charge on any atom is -0.476 e. The number of carbonyl (C=O) groups excluding carboxylic acids is 2. The van der Waals surface area contributed by atoms with Crippen LogP contribution in [0.1, 0.15) is 45.5 Å². The first-order valence-electron chi connectivity index (χ1n) is 11.0. The fourth-order valence-corrected chi connectivity index (χ4v) is 5.07. The van der Waals surface area contributed by atoms with Crippen LogP contribution in [0.25, 0.3) is 0 Å². The van der Waals surface area contributed by atoms with Crippen molar-refractivity contribution in [1.82, 2.24) is 9.97 Å². The maximum atomic E-state index is 14.3. The van der Waals surface area contributed by atoms with Crippen LogP contribution < -0.4 is 10.1 Å². The Hall–Kier alpha value is -4.46. The number of nitrogens with one attached hydrogen (secondary N) is 1. The summed E-state index contributed by atoms with van der Waals surface area (Å²) in [4.78, 5) is 43.9. The number of aromatic nitrogens is 2. The van der Waals surface area contributed by atoms with E-state index in [-0.39, 0.29) is 16.3 Å². The lowest BCUT2D eigenvalue weighted by molar-refractivity contribution is -0.123. The van der Waals surface area contributed by atoms with Crippen LogP contribution >= 0.6 is 0 Å². The molecular formula is C24H19F2N3O8S. The van der Waals surface area contributed by atoms with Crippen molar-refractivity contribution in [3.8, 4) is 5.75 Å². The minimum absolute atomic E-state index is 0.0336. The molecule has 1 aliphatic carbocycles. The number of sulfone groups is 1. The molecule has 1 unspecified atom stereocenters. The van der Waals surface area contributed by atoms with Crippen molar-refractivity contribution >= 4 is 33.5 Å². The molecule has 1 aromatic heterocycles. The van der Waals surface area contributed by atoms with E-state index < -0.39 is 67.8 Å². The molecule has 38 heavy (non-hydrogen) atoms. The summed E-state index contributed by atoms with van der Waals surface area (Å²) in [5.41, 5.74) is -1.31. The van der Waals surface area contributed by atoms with Gasteiger partial charge in [0.15, 0.2) is 38.6 Å². The second-order valence-electron chi connectivity index (χ2n) is 8.12. The highest BCUT2D eigenvalue weighted by molar-refractivity contribution is 7.92. The zero-order chi connectivity index (χ0) is 27.6. The van der Waals surface area contributed by atoms with E-state index in [1.54, 1.807) is 0 Å². The van der Waals surface area contributed by atoms with E-state index in [1.165, 1.54) is 24.3 Å². The number of ether oxygens (including phenoxy) is 2. The van der Waals surface area contributed by atoms with E-state index in [2.05, 4.69) is 20.0 Å². The number of halogens is 2. The molecule has 4 rings (SSSR count). The van der Waals surface area contributed by atoms with Crippen LogP contribution in [0.5, 0.6) is 5.75 Å². The number of amides is 1. The number of hydrogen-bond donors (Lipinski definition) is 2. The molecule has 1 amide bonds. The average Bonchev–Trinajstić information content (AvgIpc) is 3.74. The summed E-state index contributed by atoms with van der Waals surface area (Å²) in [6, 6.07) is 7.58. The molecule has 14 heteroatoms. The van der Waals surface area contributed by atoms with Crippen molar-refractivity contribution in [2.24, 2.45) is 0 Å². The molecule has 1 aliphatic rings. The Balaban J connectivity index is 1.67. The van der Waals surface area contributed by atoms with Crippen molar-refractivity contribution in [2.45, 2.75) is 29.1 Å². The number of esters is 1. The van der Waals surface area contributed by atoms with Gasteiger partial charge in [-0.1, -0.05) is 12.1 Å². The van der Waals surface area contributed by atoms with Gasteiger partial charge in [-0.15, -0.1) is 0 Å². The topological polar surface area (TPSA) is 162 Å². The van der Waals surface area contributed by atoms with E-state index in [0.29, 0.717) is 18.9 Å². The van der Waals surface area contributed by atoms with Crippen LogP contribution in [0.3, 0.4) is 0 Å². The smallest absolute Gasteiger partial charge is 0.359 e. The van der Waals surface area contributed by atoms with Gasteiger partial charge in [0.1, 0.15) is 5.82 Å². The number of methoxy groups -OCH3 is 1. The second kappa shape index (κ2) is 10.5. The molecule has 1 saturated carbocycles. The van der Waals surface area contributed by atoms with Gasteiger partial charge in [0.05, 0.1) is 23.5 Å². The molecule has 0 spiro atoms. The molecular weight excluding hydrogens is 528 g/mol. The SMILES string of the molecule is COC(=O)c1ncc(NC(=O)C(Oc2ccc(F)cc2F)c2ccc(S(=O)(=O)C3CC3)cc2)nc1C(=O)O. The molecule has 198 valence electrons. The first-order chi connectivity index (χ1) is 18.0. The van der Waals surface area contributed by atoms with Crippen LogP contribution in [0, 0.1) is 11.6 Å². The normalized spacial score (nSPS) is 13.9. The van der Waals surface area contributed by atoms with Gasteiger partial charge in [-0.2, -0.15) is 0 Å². The molecule has 0 bridgehead atoms. The Morgan fingerprint density at radius 1 is 1.08 bits per heavy atom. The van der Waals surface area contributed by atoms with Crippen molar-refractivity contribution < 1.29 is 46.2 Å². The average molecular weight is 547 g/mol. The van der Waals surface area contributed by atoms with E-state index in [9.17, 15) is 36.7 Å². The second-order valence-corrected chi connectivity index (χ2v) is 10.4. The van der Waals surface area contributed by atoms with Crippen LogP contribution in [-0.2, 0) is 19.4 Å². The number of carbonyl (C=O) groups is 3. The third-order valence-electron chi connectivity index (χ3n) is 5.46. The number of carboxylic acids is 1. The summed E-state index contributed by atoms with van der Waals surface area (Å²) in [7, 11) is -2.51. The van der Waals surface area contributed by atoms with Crippen LogP contribution in [0.2, 0.25) is 0 Å². The fraction of sp³-hybridized carbons (Fsp3) is 0.208. The summed E-state index contributed by atoms with van der Waals surface area (Å²) >= 11 is 0. The van der Waals surface area contributed by atoms with Gasteiger partial charge in [0.2, 0.25) is 6.10 Å². The van der Waals surface area contributed by atoms with Crippen molar-refractivity contribution in [1.29, 1.82) is 0 Å². The zero-order valence-corrected chi connectivity index (χ0v) is 20.4. The first kappa shape index (κ1) is 26.6. The van der Waals surface area contributed by atoms with Gasteiger partial charge >= 0.3 is 11.9 Å². The monoisotopic (exact) mass is 547 g/mol. The van der Waals surface area contributed by atoms with E-state index in [1.807, 2.05) is 0 Å². The largest absolute Gasteiger partial charge is 0.476 e. The lowest BCUT2D eigenvalue weighted by Crippen LogP contribution is -2.27. The molecule has 1 atom stereocenters. The van der Waals surface area contributed by atoms with Gasteiger partial charge in [-0.05, 0) is 37.1 Å². The Labute approximate surface area is 214 Å². The summed E-state index contributed by atoms with van der Waals surface area (Å²) in [6.07, 6.45) is 0.382. The highest BCUT2D eigenvalue weighted by Crippen LogP contribution is 2.34. The van der Waals surface area contributed by atoms with Gasteiger partial charge in [0, 0.05) is 11.6 Å². The summed E-state index contributed by atoms with van der Waals surface area (Å²) < 4.78 is 62.7. The molecule has 0 radical (unpaired) electrons. The fourth-order valence-electron chi connectivity index (χ4n) is 3.41. The van der Waals surface area contributed by atoms with Gasteiger partial charge in [-0.25, -0.2) is 36.8 Å². The number of benzene rings is 2. The minimum atomic E-state index is -3.53. The van der Waals surface area contributed by atoms with Crippen molar-refractivity contribution in [3.05, 3.63) is 77.2 Å². The third-order valence-corrected chi connectivity index (χ3v) is 7.73. The lowest BCUT2D eigenvalue weighted by Gasteiger charge is -2.20. The molecule has 1 heterocycles. The Morgan fingerprint density at radius 2 is 1.76 bits per heavy atom. The summed E-state index contributed by atoms with van der Waals surface area (Å²) in [5, 5.41) is 11.2. The van der Waals surface area contributed by atoms with Crippen molar-refractivity contribution in [3.63, 3.8) is 0 Å². The van der Waals surface area contributed by atoms with E-state index >= 15 is 0 Å². The molecule has 0 saturated heterocycles. The highest BCUT2D eigenvalue weighted by Gasteiger charge is 2.37. The zero-order valence-electron chi connectivity index (χ0n) is 19.6. The Morgan fingerprint density at radius 3 is 2.34 bits per heavy atom. The van der Waals surface area contributed by atoms with Crippen molar-refractivity contribution in [2.75, 3.05) is 12.4 Å². The molecule has 0 aliphatic heterocycles. The van der Waals surface area contributed by atoms with Crippen LogP contribution in [0.4, 0.5) is 14.6 Å². The molecule has 3 aromatic rings. The molecule has 1 fully saturated rings. The summed E-state index contributed by atoms with van der Waals surface area (Å²) in [6.45, 7) is 0. The molecule has 11 nitrogen and oxygen atoms in total. The lowest BCUT2D eigenvalue weighted by atomic mass is 10.1. The standard InChI is InChI=1S/C24H19F2N3O8S/c1-36-24(33)20-19(23(31)32)28-18(11-27-20)29-22(30)21(37-17-9-4-13(25)10-16(17)26)12-2-5-14(6-3-12)38(34,35)15-7-8-15/h2-6,9-11,15,21H,7-8H2,1H3,(H,31,32)(H,28,29,30). The number of nitrogens with zero attached hydrogens (tertiary/aromatic N) is 2.